The summed E-state index contributed by atoms with van der Waals surface area (Å²) in [5.74, 6) is 1.39. The lowest BCUT2D eigenvalue weighted by atomic mass is 10.1. The summed E-state index contributed by atoms with van der Waals surface area (Å²) in [4.78, 5) is 17.9. The number of hydrogen-bond acceptors (Lipinski definition) is 3. The van der Waals surface area contributed by atoms with Gasteiger partial charge in [-0.05, 0) is 36.2 Å². The molecule has 4 aromatic rings. The average Bonchev–Trinajstić information content (AvgIpc) is 3.37. The largest absolute Gasteiger partial charge is 0.467 e. The molecule has 0 unspecified atom stereocenters. The summed E-state index contributed by atoms with van der Waals surface area (Å²) < 4.78 is 7.30. The molecule has 1 N–H and O–H groups in total. The van der Waals surface area contributed by atoms with Gasteiger partial charge in [0.1, 0.15) is 17.6 Å². The second-order valence-electron chi connectivity index (χ2n) is 7.04. The van der Waals surface area contributed by atoms with Gasteiger partial charge in [-0.15, -0.1) is 0 Å². The first-order valence-electron chi connectivity index (χ1n) is 9.76. The van der Waals surface area contributed by atoms with Gasteiger partial charge >= 0.3 is 0 Å². The van der Waals surface area contributed by atoms with Crippen LogP contribution < -0.4 is 5.32 Å². The lowest BCUT2D eigenvalue weighted by Gasteiger charge is -2.20. The maximum atomic E-state index is 13.1. The summed E-state index contributed by atoms with van der Waals surface area (Å²) in [6.07, 6.45) is 2.77. The third-order valence-corrected chi connectivity index (χ3v) is 5.75. The molecule has 0 aliphatic carbocycles. The van der Waals surface area contributed by atoms with Gasteiger partial charge in [0.25, 0.3) is 0 Å². The number of carbonyl (C=O) groups excluding carboxylic acids is 1. The van der Waals surface area contributed by atoms with Gasteiger partial charge in [-0.2, -0.15) is 0 Å². The van der Waals surface area contributed by atoms with Crippen LogP contribution in [0.15, 0.2) is 65.3 Å². The topological polar surface area (TPSA) is 60.1 Å². The van der Waals surface area contributed by atoms with Gasteiger partial charge in [-0.25, -0.2) is 4.98 Å². The van der Waals surface area contributed by atoms with E-state index < -0.39 is 6.04 Å². The molecule has 2 aromatic heterocycles. The standard InChI is InChI=1S/C23H21Cl2N3O2/c1-2-20(23(29)26-14-16-9-6-10-30-16)28-21-13-18(25)17(24)12-19(21)27-22(28)11-15-7-4-3-5-8-15/h3-10,12-13,20H,2,11,14H2,1H3,(H,26,29)/t20-/m0/s1. The number of carbonyl (C=O) groups is 1. The van der Waals surface area contributed by atoms with E-state index in [1.165, 1.54) is 0 Å². The predicted octanol–water partition coefficient (Wildman–Crippen LogP) is 5.79. The number of nitrogens with zero attached hydrogens (tertiary/aromatic N) is 2. The number of aromatic nitrogens is 2. The van der Waals surface area contributed by atoms with Crippen LogP contribution >= 0.6 is 23.2 Å². The van der Waals surface area contributed by atoms with Gasteiger partial charge in [0.05, 0.1) is 33.9 Å². The second-order valence-corrected chi connectivity index (χ2v) is 7.85. The number of hydrogen-bond donors (Lipinski definition) is 1. The number of nitrogens with one attached hydrogen (secondary N) is 1. The van der Waals surface area contributed by atoms with Crippen LogP contribution in [0.25, 0.3) is 11.0 Å². The van der Waals surface area contributed by atoms with E-state index in [0.717, 1.165) is 16.9 Å². The maximum Gasteiger partial charge on any atom is 0.243 e. The fourth-order valence-corrected chi connectivity index (χ4v) is 3.90. The Morgan fingerprint density at radius 1 is 1.13 bits per heavy atom. The summed E-state index contributed by atoms with van der Waals surface area (Å²) in [5.41, 5.74) is 2.61. The van der Waals surface area contributed by atoms with E-state index in [9.17, 15) is 4.79 Å². The molecule has 0 spiro atoms. The molecule has 0 aliphatic rings. The molecule has 2 aromatic carbocycles. The van der Waals surface area contributed by atoms with Crippen LogP contribution in [0.2, 0.25) is 10.0 Å². The van der Waals surface area contributed by atoms with Gasteiger partial charge in [0.2, 0.25) is 5.91 Å². The molecule has 0 saturated carbocycles. The van der Waals surface area contributed by atoms with Crippen LogP contribution in [0.1, 0.15) is 36.5 Å². The molecular formula is C23H21Cl2N3O2. The zero-order valence-electron chi connectivity index (χ0n) is 16.4. The van der Waals surface area contributed by atoms with Crippen molar-refractivity contribution in [3.05, 3.63) is 88.1 Å². The summed E-state index contributed by atoms with van der Waals surface area (Å²) in [6, 6.07) is 16.8. The molecule has 7 heteroatoms. The van der Waals surface area contributed by atoms with Crippen molar-refractivity contribution in [1.29, 1.82) is 0 Å². The molecule has 0 fully saturated rings. The van der Waals surface area contributed by atoms with E-state index in [1.807, 2.05) is 47.9 Å². The highest BCUT2D eigenvalue weighted by atomic mass is 35.5. The van der Waals surface area contributed by atoms with Crippen molar-refractivity contribution in [3.8, 4) is 0 Å². The quantitative estimate of drug-likeness (QED) is 0.394. The van der Waals surface area contributed by atoms with Crippen LogP contribution in [0, 0.1) is 0 Å². The highest BCUT2D eigenvalue weighted by Crippen LogP contribution is 2.32. The van der Waals surface area contributed by atoms with E-state index in [4.69, 9.17) is 32.6 Å². The SMILES string of the molecule is CC[C@@H](C(=O)NCc1ccco1)n1c(Cc2ccccc2)nc2cc(Cl)c(Cl)cc21. The monoisotopic (exact) mass is 441 g/mol. The number of rotatable bonds is 7. The fraction of sp³-hybridized carbons (Fsp3) is 0.217. The maximum absolute atomic E-state index is 13.1. The zero-order chi connectivity index (χ0) is 21.1. The third kappa shape index (κ3) is 4.23. The Bertz CT molecular complexity index is 1150. The Balaban J connectivity index is 1.74. The summed E-state index contributed by atoms with van der Waals surface area (Å²) in [6.45, 7) is 2.31. The molecular weight excluding hydrogens is 421 g/mol. The second kappa shape index (κ2) is 8.94. The van der Waals surface area contributed by atoms with Crippen molar-refractivity contribution in [2.75, 3.05) is 0 Å². The van der Waals surface area contributed by atoms with Gasteiger partial charge in [-0.3, -0.25) is 4.79 Å². The highest BCUT2D eigenvalue weighted by Gasteiger charge is 2.25. The molecule has 30 heavy (non-hydrogen) atoms. The van der Waals surface area contributed by atoms with Crippen molar-refractivity contribution in [2.24, 2.45) is 0 Å². The molecule has 2 heterocycles. The minimum Gasteiger partial charge on any atom is -0.467 e. The number of fused-ring (bicyclic) bond motifs is 1. The van der Waals surface area contributed by atoms with Gasteiger partial charge in [0.15, 0.2) is 0 Å². The third-order valence-electron chi connectivity index (χ3n) is 5.03. The van der Waals surface area contributed by atoms with Crippen LogP contribution in [0.4, 0.5) is 0 Å². The van der Waals surface area contributed by atoms with Crippen molar-refractivity contribution in [3.63, 3.8) is 0 Å². The summed E-state index contributed by atoms with van der Waals surface area (Å²) in [5, 5.41) is 3.84. The Labute approximate surface area is 184 Å². The van der Waals surface area contributed by atoms with Crippen LogP contribution in [0.5, 0.6) is 0 Å². The van der Waals surface area contributed by atoms with E-state index in [2.05, 4.69) is 5.32 Å². The van der Waals surface area contributed by atoms with Crippen molar-refractivity contribution in [1.82, 2.24) is 14.9 Å². The minimum absolute atomic E-state index is 0.103. The van der Waals surface area contributed by atoms with Gasteiger partial charge in [-0.1, -0.05) is 60.5 Å². The summed E-state index contributed by atoms with van der Waals surface area (Å²) >= 11 is 12.5. The van der Waals surface area contributed by atoms with E-state index in [-0.39, 0.29) is 5.91 Å². The van der Waals surface area contributed by atoms with Gasteiger partial charge < -0.3 is 14.3 Å². The van der Waals surface area contributed by atoms with Crippen molar-refractivity contribution in [2.45, 2.75) is 32.4 Å². The molecule has 1 amide bonds. The van der Waals surface area contributed by atoms with E-state index in [0.29, 0.717) is 40.7 Å². The molecule has 0 radical (unpaired) electrons. The Kier molecular flexibility index (Phi) is 6.11. The number of halogens is 2. The molecule has 154 valence electrons. The number of benzene rings is 2. The number of imidazole rings is 1. The minimum atomic E-state index is -0.444. The fourth-order valence-electron chi connectivity index (χ4n) is 3.58. The smallest absolute Gasteiger partial charge is 0.243 e. The number of amides is 1. The number of furan rings is 1. The van der Waals surface area contributed by atoms with Crippen molar-refractivity contribution < 1.29 is 9.21 Å². The van der Waals surface area contributed by atoms with E-state index in [1.54, 1.807) is 24.5 Å². The van der Waals surface area contributed by atoms with Crippen molar-refractivity contribution >= 4 is 40.1 Å². The lowest BCUT2D eigenvalue weighted by molar-refractivity contribution is -0.124. The van der Waals surface area contributed by atoms with Gasteiger partial charge in [0, 0.05) is 6.42 Å². The van der Waals surface area contributed by atoms with Crippen LogP contribution in [0.3, 0.4) is 0 Å². The lowest BCUT2D eigenvalue weighted by Crippen LogP contribution is -2.32. The molecule has 0 bridgehead atoms. The molecule has 4 rings (SSSR count). The zero-order valence-corrected chi connectivity index (χ0v) is 18.0. The van der Waals surface area contributed by atoms with Crippen LogP contribution in [-0.4, -0.2) is 15.5 Å². The first-order valence-corrected chi connectivity index (χ1v) is 10.5. The Morgan fingerprint density at radius 2 is 1.90 bits per heavy atom. The molecule has 0 saturated heterocycles. The molecule has 5 nitrogen and oxygen atoms in total. The Morgan fingerprint density at radius 3 is 2.60 bits per heavy atom. The average molecular weight is 442 g/mol. The van der Waals surface area contributed by atoms with E-state index >= 15 is 0 Å². The molecule has 1 atom stereocenters. The normalized spacial score (nSPS) is 12.2. The highest BCUT2D eigenvalue weighted by molar-refractivity contribution is 6.42. The predicted molar refractivity (Wildman–Crippen MR) is 119 cm³/mol. The first-order chi connectivity index (χ1) is 14.6. The first kappa shape index (κ1) is 20.5. The van der Waals surface area contributed by atoms with Crippen LogP contribution in [-0.2, 0) is 17.8 Å². The summed E-state index contributed by atoms with van der Waals surface area (Å²) in [7, 11) is 0. The molecule has 0 aliphatic heterocycles. The Hall–Kier alpha value is -2.76.